The van der Waals surface area contributed by atoms with Gasteiger partial charge in [-0.3, -0.25) is 0 Å². The molecule has 0 amide bonds. The van der Waals surface area contributed by atoms with Crippen molar-refractivity contribution in [2.45, 2.75) is 20.3 Å². The molecule has 1 aliphatic rings. The van der Waals surface area contributed by atoms with E-state index < -0.39 is 5.97 Å². The van der Waals surface area contributed by atoms with Crippen LogP contribution >= 0.6 is 0 Å². The van der Waals surface area contributed by atoms with Crippen LogP contribution in [0.15, 0.2) is 30.5 Å². The zero-order chi connectivity index (χ0) is 15.0. The van der Waals surface area contributed by atoms with Gasteiger partial charge in [0.15, 0.2) is 0 Å². The molecule has 0 spiro atoms. The summed E-state index contributed by atoms with van der Waals surface area (Å²) in [7, 11) is 0. The second-order valence-corrected chi connectivity index (χ2v) is 5.58. The lowest BCUT2D eigenvalue weighted by Gasteiger charge is -2.07. The van der Waals surface area contributed by atoms with E-state index in [1.807, 2.05) is 0 Å². The summed E-state index contributed by atoms with van der Waals surface area (Å²) in [6.07, 6.45) is 2.54. The molecule has 0 bridgehead atoms. The molecule has 1 fully saturated rings. The Hall–Kier alpha value is -2.17. The fourth-order valence-electron chi connectivity index (χ4n) is 2.37. The SMILES string of the molecule is Cc1c(C(=O)OCC2CC2C)cnn1-c1ccccc1F. The van der Waals surface area contributed by atoms with Gasteiger partial charge in [-0.15, -0.1) is 0 Å². The number of carbonyl (C=O) groups is 1. The number of halogens is 1. The highest BCUT2D eigenvalue weighted by Crippen LogP contribution is 2.37. The average Bonchev–Trinajstić information content (AvgIpc) is 3.04. The van der Waals surface area contributed by atoms with Crippen molar-refractivity contribution in [2.24, 2.45) is 11.8 Å². The van der Waals surface area contributed by atoms with Crippen molar-refractivity contribution < 1.29 is 13.9 Å². The summed E-state index contributed by atoms with van der Waals surface area (Å²) in [5.41, 5.74) is 1.28. The van der Waals surface area contributed by atoms with Crippen molar-refractivity contribution in [3.8, 4) is 5.69 Å². The largest absolute Gasteiger partial charge is 0.462 e. The number of rotatable bonds is 4. The van der Waals surface area contributed by atoms with Crippen LogP contribution in [-0.4, -0.2) is 22.4 Å². The number of para-hydroxylation sites is 1. The molecule has 3 rings (SSSR count). The third kappa shape index (κ3) is 2.68. The first-order chi connectivity index (χ1) is 10.1. The summed E-state index contributed by atoms with van der Waals surface area (Å²) in [5.74, 6) is 0.348. The van der Waals surface area contributed by atoms with Crippen LogP contribution in [0.3, 0.4) is 0 Å². The Morgan fingerprint density at radius 1 is 1.48 bits per heavy atom. The first-order valence-electron chi connectivity index (χ1n) is 7.04. The quantitative estimate of drug-likeness (QED) is 0.812. The second kappa shape index (κ2) is 5.31. The molecule has 2 atom stereocenters. The standard InChI is InChI=1S/C16H17FN2O2/c1-10-7-12(10)9-21-16(20)13-8-18-19(11(13)2)15-6-4-3-5-14(15)17/h3-6,8,10,12H,7,9H2,1-2H3. The summed E-state index contributed by atoms with van der Waals surface area (Å²) in [4.78, 5) is 12.1. The topological polar surface area (TPSA) is 44.1 Å². The maximum Gasteiger partial charge on any atom is 0.341 e. The third-order valence-corrected chi connectivity index (χ3v) is 4.01. The average molecular weight is 288 g/mol. The molecule has 21 heavy (non-hydrogen) atoms. The fraction of sp³-hybridized carbons (Fsp3) is 0.375. The Balaban J connectivity index is 1.79. The van der Waals surface area contributed by atoms with Gasteiger partial charge in [0, 0.05) is 0 Å². The van der Waals surface area contributed by atoms with Crippen molar-refractivity contribution in [1.29, 1.82) is 0 Å². The Bertz CT molecular complexity index is 681. The summed E-state index contributed by atoms with van der Waals surface area (Å²) in [6.45, 7) is 4.32. The summed E-state index contributed by atoms with van der Waals surface area (Å²) in [6, 6.07) is 6.33. The van der Waals surface area contributed by atoms with E-state index in [9.17, 15) is 9.18 Å². The maximum atomic E-state index is 13.8. The van der Waals surface area contributed by atoms with Crippen LogP contribution in [0.2, 0.25) is 0 Å². The Morgan fingerprint density at radius 2 is 2.19 bits per heavy atom. The van der Waals surface area contributed by atoms with Gasteiger partial charge in [-0.2, -0.15) is 5.10 Å². The molecule has 2 aromatic rings. The van der Waals surface area contributed by atoms with Gasteiger partial charge >= 0.3 is 5.97 Å². The molecule has 2 unspecified atom stereocenters. The normalized spacial score (nSPS) is 20.3. The molecule has 1 heterocycles. The monoisotopic (exact) mass is 288 g/mol. The lowest BCUT2D eigenvalue weighted by atomic mass is 10.2. The summed E-state index contributed by atoms with van der Waals surface area (Å²) < 4.78 is 20.5. The number of aromatic nitrogens is 2. The molecule has 1 aliphatic carbocycles. The molecular formula is C16H17FN2O2. The van der Waals surface area contributed by atoms with Crippen LogP contribution in [0.5, 0.6) is 0 Å². The van der Waals surface area contributed by atoms with E-state index in [1.54, 1.807) is 25.1 Å². The van der Waals surface area contributed by atoms with E-state index in [1.165, 1.54) is 16.9 Å². The number of ether oxygens (including phenoxy) is 1. The highest BCUT2D eigenvalue weighted by atomic mass is 19.1. The van der Waals surface area contributed by atoms with Crippen LogP contribution in [-0.2, 0) is 4.74 Å². The van der Waals surface area contributed by atoms with Gasteiger partial charge in [0.2, 0.25) is 0 Å². The highest BCUT2D eigenvalue weighted by Gasteiger charge is 2.34. The smallest absolute Gasteiger partial charge is 0.341 e. The van der Waals surface area contributed by atoms with Crippen LogP contribution in [0.1, 0.15) is 29.4 Å². The number of hydrogen-bond donors (Lipinski definition) is 0. The molecule has 0 N–H and O–H groups in total. The van der Waals surface area contributed by atoms with Gasteiger partial charge in [-0.05, 0) is 37.3 Å². The van der Waals surface area contributed by atoms with Gasteiger partial charge < -0.3 is 4.74 Å². The third-order valence-electron chi connectivity index (χ3n) is 4.01. The first kappa shape index (κ1) is 13.8. The molecule has 4 nitrogen and oxygen atoms in total. The number of hydrogen-bond acceptors (Lipinski definition) is 3. The highest BCUT2D eigenvalue weighted by molar-refractivity contribution is 5.90. The van der Waals surface area contributed by atoms with Gasteiger partial charge in [-0.25, -0.2) is 13.9 Å². The van der Waals surface area contributed by atoms with E-state index in [2.05, 4.69) is 12.0 Å². The molecule has 0 saturated heterocycles. The van der Waals surface area contributed by atoms with Crippen molar-refractivity contribution >= 4 is 5.97 Å². The second-order valence-electron chi connectivity index (χ2n) is 5.58. The number of nitrogens with zero attached hydrogens (tertiary/aromatic N) is 2. The molecule has 5 heteroatoms. The number of benzene rings is 1. The van der Waals surface area contributed by atoms with Crippen LogP contribution in [0.4, 0.5) is 4.39 Å². The number of carbonyl (C=O) groups excluding carboxylic acids is 1. The predicted molar refractivity (Wildman–Crippen MR) is 75.8 cm³/mol. The fourth-order valence-corrected chi connectivity index (χ4v) is 2.37. The Labute approximate surface area is 122 Å². The van der Waals surface area contributed by atoms with Crippen molar-refractivity contribution in [3.05, 3.63) is 47.5 Å². The molecular weight excluding hydrogens is 271 g/mol. The predicted octanol–water partition coefficient (Wildman–Crippen LogP) is 3.13. The van der Waals surface area contributed by atoms with E-state index in [-0.39, 0.29) is 5.82 Å². The lowest BCUT2D eigenvalue weighted by Crippen LogP contribution is -2.10. The molecule has 1 aromatic heterocycles. The Morgan fingerprint density at radius 3 is 2.86 bits per heavy atom. The van der Waals surface area contributed by atoms with E-state index >= 15 is 0 Å². The Kier molecular flexibility index (Phi) is 3.49. The van der Waals surface area contributed by atoms with Crippen molar-refractivity contribution in [3.63, 3.8) is 0 Å². The van der Waals surface area contributed by atoms with Crippen LogP contribution < -0.4 is 0 Å². The zero-order valence-electron chi connectivity index (χ0n) is 12.0. The van der Waals surface area contributed by atoms with Gasteiger partial charge in [0.05, 0.1) is 18.5 Å². The van der Waals surface area contributed by atoms with E-state index in [0.717, 1.165) is 6.42 Å². The van der Waals surface area contributed by atoms with Crippen molar-refractivity contribution in [1.82, 2.24) is 9.78 Å². The van der Waals surface area contributed by atoms with Gasteiger partial charge in [0.25, 0.3) is 0 Å². The first-order valence-corrected chi connectivity index (χ1v) is 7.04. The zero-order valence-corrected chi connectivity index (χ0v) is 12.0. The summed E-state index contributed by atoms with van der Waals surface area (Å²) >= 11 is 0. The minimum absolute atomic E-state index is 0.324. The van der Waals surface area contributed by atoms with Crippen LogP contribution in [0.25, 0.3) is 5.69 Å². The van der Waals surface area contributed by atoms with Gasteiger partial charge in [0.1, 0.15) is 17.1 Å². The molecule has 0 aliphatic heterocycles. The van der Waals surface area contributed by atoms with Crippen molar-refractivity contribution in [2.75, 3.05) is 6.61 Å². The lowest BCUT2D eigenvalue weighted by molar-refractivity contribution is 0.0480. The molecule has 110 valence electrons. The van der Waals surface area contributed by atoms with E-state index in [4.69, 9.17) is 4.74 Å². The minimum atomic E-state index is -0.394. The molecule has 1 saturated carbocycles. The maximum absolute atomic E-state index is 13.8. The number of esters is 1. The van der Waals surface area contributed by atoms with Crippen LogP contribution in [0, 0.1) is 24.6 Å². The van der Waals surface area contributed by atoms with E-state index in [0.29, 0.717) is 35.4 Å². The molecule has 0 radical (unpaired) electrons. The minimum Gasteiger partial charge on any atom is -0.462 e. The summed E-state index contributed by atoms with van der Waals surface area (Å²) in [5, 5.41) is 4.10. The molecule has 1 aromatic carbocycles. The van der Waals surface area contributed by atoms with Gasteiger partial charge in [-0.1, -0.05) is 19.1 Å².